The van der Waals surface area contributed by atoms with Crippen molar-refractivity contribution >= 4 is 0 Å². The minimum absolute atomic E-state index is 0.711. The van der Waals surface area contributed by atoms with Gasteiger partial charge in [-0.3, -0.25) is 0 Å². The molecule has 2 aromatic rings. The van der Waals surface area contributed by atoms with E-state index in [4.69, 9.17) is 10.00 Å². The third-order valence-corrected chi connectivity index (χ3v) is 3.34. The fourth-order valence-corrected chi connectivity index (χ4v) is 2.21. The standard InChI is InChI=1S/C18H20N2O/c1-21-12-4-11-20-14-15-7-9-16(10-8-15)18-6-3-2-5-17(18)13-19/h2-3,5-10,20H,4,11-12,14H2,1H3. The summed E-state index contributed by atoms with van der Waals surface area (Å²) >= 11 is 0. The fourth-order valence-electron chi connectivity index (χ4n) is 2.21. The highest BCUT2D eigenvalue weighted by molar-refractivity contribution is 5.70. The molecule has 0 spiro atoms. The van der Waals surface area contributed by atoms with E-state index < -0.39 is 0 Å². The zero-order valence-electron chi connectivity index (χ0n) is 12.3. The predicted molar refractivity (Wildman–Crippen MR) is 84.8 cm³/mol. The number of hydrogen-bond donors (Lipinski definition) is 1. The molecule has 0 aliphatic heterocycles. The van der Waals surface area contributed by atoms with Crippen LogP contribution in [0.1, 0.15) is 17.5 Å². The minimum Gasteiger partial charge on any atom is -0.385 e. The summed E-state index contributed by atoms with van der Waals surface area (Å²) in [5, 5.41) is 12.5. The van der Waals surface area contributed by atoms with Crippen LogP contribution < -0.4 is 5.32 Å². The predicted octanol–water partition coefficient (Wildman–Crippen LogP) is 3.35. The Bertz CT molecular complexity index is 599. The number of nitrogens with zero attached hydrogens (tertiary/aromatic N) is 1. The molecule has 21 heavy (non-hydrogen) atoms. The van der Waals surface area contributed by atoms with Crippen molar-refractivity contribution in [3.05, 3.63) is 59.7 Å². The van der Waals surface area contributed by atoms with Crippen molar-refractivity contribution < 1.29 is 4.74 Å². The second-order valence-electron chi connectivity index (χ2n) is 4.88. The summed E-state index contributed by atoms with van der Waals surface area (Å²) in [5.74, 6) is 0. The quantitative estimate of drug-likeness (QED) is 0.791. The van der Waals surface area contributed by atoms with Gasteiger partial charge in [0, 0.05) is 20.3 Å². The summed E-state index contributed by atoms with van der Waals surface area (Å²) < 4.78 is 5.01. The zero-order valence-corrected chi connectivity index (χ0v) is 12.3. The first-order valence-corrected chi connectivity index (χ1v) is 7.13. The first-order chi connectivity index (χ1) is 10.3. The van der Waals surface area contributed by atoms with Gasteiger partial charge in [-0.1, -0.05) is 42.5 Å². The van der Waals surface area contributed by atoms with Crippen LogP contribution in [0.25, 0.3) is 11.1 Å². The lowest BCUT2D eigenvalue weighted by Gasteiger charge is -2.07. The van der Waals surface area contributed by atoms with Gasteiger partial charge in [-0.15, -0.1) is 0 Å². The van der Waals surface area contributed by atoms with Crippen LogP contribution in [0.5, 0.6) is 0 Å². The molecule has 0 bridgehead atoms. The van der Waals surface area contributed by atoms with Crippen molar-refractivity contribution in [2.75, 3.05) is 20.3 Å². The smallest absolute Gasteiger partial charge is 0.0998 e. The molecule has 2 aromatic carbocycles. The molecule has 0 aliphatic carbocycles. The van der Waals surface area contributed by atoms with Crippen molar-refractivity contribution in [2.24, 2.45) is 0 Å². The molecule has 0 heterocycles. The van der Waals surface area contributed by atoms with Gasteiger partial charge in [0.15, 0.2) is 0 Å². The number of rotatable bonds is 7. The average molecular weight is 280 g/mol. The summed E-state index contributed by atoms with van der Waals surface area (Å²) in [6.07, 6.45) is 1.02. The molecule has 2 rings (SSSR count). The Kier molecular flexibility index (Phi) is 5.96. The van der Waals surface area contributed by atoms with Crippen LogP contribution in [0.2, 0.25) is 0 Å². The second-order valence-corrected chi connectivity index (χ2v) is 4.88. The third kappa shape index (κ3) is 4.42. The van der Waals surface area contributed by atoms with E-state index in [2.05, 4.69) is 35.7 Å². The first-order valence-electron chi connectivity index (χ1n) is 7.13. The Labute approximate surface area is 126 Å². The largest absolute Gasteiger partial charge is 0.385 e. The number of ether oxygens (including phenoxy) is 1. The second kappa shape index (κ2) is 8.21. The molecule has 1 N–H and O–H groups in total. The number of methoxy groups -OCH3 is 1. The number of benzene rings is 2. The maximum absolute atomic E-state index is 9.15. The maximum atomic E-state index is 9.15. The summed E-state index contributed by atoms with van der Waals surface area (Å²) in [6.45, 7) is 2.59. The van der Waals surface area contributed by atoms with Gasteiger partial charge in [-0.25, -0.2) is 0 Å². The van der Waals surface area contributed by atoms with Gasteiger partial charge >= 0.3 is 0 Å². The highest BCUT2D eigenvalue weighted by Gasteiger charge is 2.03. The van der Waals surface area contributed by atoms with E-state index in [1.807, 2.05) is 24.3 Å². The Morgan fingerprint density at radius 1 is 1.10 bits per heavy atom. The lowest BCUT2D eigenvalue weighted by Crippen LogP contribution is -2.15. The SMILES string of the molecule is COCCCNCc1ccc(-c2ccccc2C#N)cc1. The summed E-state index contributed by atoms with van der Waals surface area (Å²) in [6, 6.07) is 18.3. The number of nitriles is 1. The first kappa shape index (κ1) is 15.2. The monoisotopic (exact) mass is 280 g/mol. The molecule has 0 radical (unpaired) electrons. The van der Waals surface area contributed by atoms with E-state index in [1.54, 1.807) is 7.11 Å². The highest BCUT2D eigenvalue weighted by atomic mass is 16.5. The van der Waals surface area contributed by atoms with Crippen LogP contribution in [0.15, 0.2) is 48.5 Å². The summed E-state index contributed by atoms with van der Waals surface area (Å²) in [5.41, 5.74) is 4.02. The Hall–Kier alpha value is -2.15. The lowest BCUT2D eigenvalue weighted by atomic mass is 9.99. The summed E-state index contributed by atoms with van der Waals surface area (Å²) in [7, 11) is 1.72. The van der Waals surface area contributed by atoms with Gasteiger partial charge < -0.3 is 10.1 Å². The van der Waals surface area contributed by atoms with Crippen molar-refractivity contribution in [3.8, 4) is 17.2 Å². The van der Waals surface area contributed by atoms with Gasteiger partial charge in [0.2, 0.25) is 0 Å². The number of nitrogens with one attached hydrogen (secondary N) is 1. The van der Waals surface area contributed by atoms with Crippen LogP contribution in [0.3, 0.4) is 0 Å². The van der Waals surface area contributed by atoms with Gasteiger partial charge in [0.1, 0.15) is 0 Å². The Balaban J connectivity index is 1.97. The average Bonchev–Trinajstić information content (AvgIpc) is 2.55. The lowest BCUT2D eigenvalue weighted by molar-refractivity contribution is 0.194. The molecule has 0 aliphatic rings. The highest BCUT2D eigenvalue weighted by Crippen LogP contribution is 2.23. The van der Waals surface area contributed by atoms with Gasteiger partial charge in [0.25, 0.3) is 0 Å². The van der Waals surface area contributed by atoms with E-state index in [0.29, 0.717) is 5.56 Å². The molecule has 108 valence electrons. The van der Waals surface area contributed by atoms with Crippen LogP contribution in [0, 0.1) is 11.3 Å². The minimum atomic E-state index is 0.711. The molecule has 0 amide bonds. The van der Waals surface area contributed by atoms with Crippen molar-refractivity contribution in [1.82, 2.24) is 5.32 Å². The molecule has 0 saturated heterocycles. The Morgan fingerprint density at radius 3 is 2.57 bits per heavy atom. The Morgan fingerprint density at radius 2 is 1.86 bits per heavy atom. The van der Waals surface area contributed by atoms with Gasteiger partial charge in [-0.05, 0) is 35.7 Å². The molecule has 0 aromatic heterocycles. The zero-order chi connectivity index (χ0) is 14.9. The normalized spacial score (nSPS) is 10.3. The van der Waals surface area contributed by atoms with Crippen LogP contribution in [-0.2, 0) is 11.3 Å². The van der Waals surface area contributed by atoms with Gasteiger partial charge in [0.05, 0.1) is 11.6 Å². The maximum Gasteiger partial charge on any atom is 0.0998 e. The molecule has 0 unspecified atom stereocenters. The van der Waals surface area contributed by atoms with E-state index in [9.17, 15) is 0 Å². The third-order valence-electron chi connectivity index (χ3n) is 3.34. The molecule has 3 nitrogen and oxygen atoms in total. The van der Waals surface area contributed by atoms with Crippen LogP contribution >= 0.6 is 0 Å². The molecular weight excluding hydrogens is 260 g/mol. The summed E-state index contributed by atoms with van der Waals surface area (Å²) in [4.78, 5) is 0. The van der Waals surface area contributed by atoms with Crippen molar-refractivity contribution in [2.45, 2.75) is 13.0 Å². The van der Waals surface area contributed by atoms with E-state index in [-0.39, 0.29) is 0 Å². The molecular formula is C18H20N2O. The molecule has 0 fully saturated rings. The van der Waals surface area contributed by atoms with Crippen LogP contribution in [0.4, 0.5) is 0 Å². The van der Waals surface area contributed by atoms with E-state index >= 15 is 0 Å². The van der Waals surface area contributed by atoms with Crippen molar-refractivity contribution in [3.63, 3.8) is 0 Å². The molecule has 0 atom stereocenters. The molecule has 3 heteroatoms. The number of hydrogen-bond acceptors (Lipinski definition) is 3. The van der Waals surface area contributed by atoms with Crippen LogP contribution in [-0.4, -0.2) is 20.3 Å². The van der Waals surface area contributed by atoms with Gasteiger partial charge in [-0.2, -0.15) is 5.26 Å². The molecule has 0 saturated carbocycles. The van der Waals surface area contributed by atoms with E-state index in [0.717, 1.165) is 37.2 Å². The topological polar surface area (TPSA) is 45.0 Å². The fraction of sp³-hybridized carbons (Fsp3) is 0.278. The van der Waals surface area contributed by atoms with E-state index in [1.165, 1.54) is 5.56 Å². The van der Waals surface area contributed by atoms with Crippen molar-refractivity contribution in [1.29, 1.82) is 5.26 Å².